The Kier molecular flexibility index (Phi) is 7.08. The fourth-order valence-electron chi connectivity index (χ4n) is 0.683. The second-order valence-electron chi connectivity index (χ2n) is 2.12. The molecule has 0 aliphatic carbocycles. The molecule has 0 unspecified atom stereocenters. The predicted molar refractivity (Wildman–Crippen MR) is 42.4 cm³/mol. The molecule has 0 heterocycles. The summed E-state index contributed by atoms with van der Waals surface area (Å²) in [5.41, 5.74) is 2.45. The Balaban J connectivity index is 3.41. The average molecular weight is 160 g/mol. The summed E-state index contributed by atoms with van der Waals surface area (Å²) < 4.78 is 0. The van der Waals surface area contributed by atoms with Gasteiger partial charge >= 0.3 is 0 Å². The van der Waals surface area contributed by atoms with Gasteiger partial charge in [-0.25, -0.2) is 0 Å². The normalized spacial score (nSPS) is 10.1. The molecule has 4 nitrogen and oxygen atoms in total. The Bertz CT molecular complexity index is 98.4. The molecule has 0 atom stereocenters. The molecular weight excluding hydrogens is 144 g/mol. The molecule has 1 amide bonds. The van der Waals surface area contributed by atoms with Gasteiger partial charge in [-0.3, -0.25) is 15.1 Å². The van der Waals surface area contributed by atoms with E-state index in [1.807, 2.05) is 6.92 Å². The van der Waals surface area contributed by atoms with Gasteiger partial charge in [-0.05, 0) is 13.3 Å². The van der Waals surface area contributed by atoms with Crippen LogP contribution in [0.2, 0.25) is 0 Å². The maximum Gasteiger partial charge on any atom is 0.223 e. The van der Waals surface area contributed by atoms with Crippen molar-refractivity contribution in [2.75, 3.05) is 13.2 Å². The van der Waals surface area contributed by atoms with Gasteiger partial charge in [-0.1, -0.05) is 18.5 Å². The topological polar surface area (TPSA) is 41.6 Å². The molecule has 66 valence electrons. The van der Waals surface area contributed by atoms with E-state index in [-0.39, 0.29) is 0 Å². The van der Waals surface area contributed by atoms with E-state index in [0.717, 1.165) is 19.4 Å². The fraction of sp³-hybridized carbons (Fsp3) is 0.857. The molecule has 0 spiro atoms. The Morgan fingerprint density at radius 1 is 1.55 bits per heavy atom. The molecule has 0 fully saturated rings. The van der Waals surface area contributed by atoms with Crippen LogP contribution in [0.5, 0.6) is 0 Å². The summed E-state index contributed by atoms with van der Waals surface area (Å²) in [5, 5.41) is 1.45. The van der Waals surface area contributed by atoms with Crippen LogP contribution in [0.1, 0.15) is 26.7 Å². The molecular formula is C7H16N2O2. The Morgan fingerprint density at radius 3 is 2.73 bits per heavy atom. The summed E-state index contributed by atoms with van der Waals surface area (Å²) in [4.78, 5) is 15.1. The highest BCUT2D eigenvalue weighted by molar-refractivity contribution is 5.44. The molecule has 0 bridgehead atoms. The smallest absolute Gasteiger partial charge is 0.223 e. The van der Waals surface area contributed by atoms with Crippen LogP contribution in [0.15, 0.2) is 0 Å². The van der Waals surface area contributed by atoms with Crippen LogP contribution < -0.4 is 5.43 Å². The van der Waals surface area contributed by atoms with E-state index in [1.165, 1.54) is 5.17 Å². The highest BCUT2D eigenvalue weighted by Crippen LogP contribution is 1.91. The van der Waals surface area contributed by atoms with Crippen LogP contribution in [-0.4, -0.2) is 24.7 Å². The molecule has 0 aromatic heterocycles. The highest BCUT2D eigenvalue weighted by Gasteiger charge is 1.99. The average Bonchev–Trinajstić information content (AvgIpc) is 2.01. The number of carbonyl (C=O) groups excluding carboxylic acids is 1. The molecule has 0 rings (SSSR count). The van der Waals surface area contributed by atoms with Crippen molar-refractivity contribution in [3.63, 3.8) is 0 Å². The van der Waals surface area contributed by atoms with E-state index < -0.39 is 0 Å². The number of unbranched alkanes of at least 4 members (excludes halogenated alkanes) is 1. The van der Waals surface area contributed by atoms with Gasteiger partial charge < -0.3 is 0 Å². The molecule has 11 heavy (non-hydrogen) atoms. The molecule has 0 aliphatic heterocycles. The number of rotatable bonds is 7. The summed E-state index contributed by atoms with van der Waals surface area (Å²) in [5.74, 6) is 0. The van der Waals surface area contributed by atoms with Crippen molar-refractivity contribution in [3.8, 4) is 0 Å². The molecule has 0 saturated carbocycles. The molecule has 4 heteroatoms. The third-order valence-electron chi connectivity index (χ3n) is 1.20. The highest BCUT2D eigenvalue weighted by atomic mass is 16.7. The van der Waals surface area contributed by atoms with E-state index in [2.05, 4.69) is 12.3 Å². The third kappa shape index (κ3) is 5.82. The van der Waals surface area contributed by atoms with Gasteiger partial charge in [0.1, 0.15) is 0 Å². The van der Waals surface area contributed by atoms with Crippen molar-refractivity contribution < 1.29 is 9.63 Å². The van der Waals surface area contributed by atoms with Gasteiger partial charge in [0.2, 0.25) is 6.41 Å². The van der Waals surface area contributed by atoms with E-state index >= 15 is 0 Å². The summed E-state index contributed by atoms with van der Waals surface area (Å²) in [6.45, 7) is 5.28. The van der Waals surface area contributed by atoms with Crippen LogP contribution in [0.4, 0.5) is 0 Å². The number of hydroxylamine groups is 1. The van der Waals surface area contributed by atoms with Crippen molar-refractivity contribution in [2.45, 2.75) is 26.7 Å². The van der Waals surface area contributed by atoms with Crippen LogP contribution in [0.3, 0.4) is 0 Å². The van der Waals surface area contributed by atoms with E-state index in [1.54, 1.807) is 0 Å². The van der Waals surface area contributed by atoms with Gasteiger partial charge in [0.05, 0.1) is 6.61 Å². The van der Waals surface area contributed by atoms with Crippen LogP contribution in [0, 0.1) is 0 Å². The van der Waals surface area contributed by atoms with Crippen molar-refractivity contribution in [3.05, 3.63) is 0 Å². The van der Waals surface area contributed by atoms with Gasteiger partial charge in [0.15, 0.2) is 0 Å². The number of nitrogens with one attached hydrogen (secondary N) is 1. The largest absolute Gasteiger partial charge is 0.280 e. The first-order valence-corrected chi connectivity index (χ1v) is 3.95. The lowest BCUT2D eigenvalue weighted by atomic mass is 10.3. The number of nitrogens with zero attached hydrogens (tertiary/aromatic N) is 1. The maximum absolute atomic E-state index is 10.0. The zero-order chi connectivity index (χ0) is 8.53. The molecule has 0 aromatic carbocycles. The minimum absolute atomic E-state index is 0.574. The standard InChI is InChI=1S/C7H16N2O2/c1-3-5-6-9(8-7-10)11-4-2/h7H,3-6H2,1-2H3,(H,8,10). The second-order valence-corrected chi connectivity index (χ2v) is 2.12. The first-order valence-electron chi connectivity index (χ1n) is 3.95. The Morgan fingerprint density at radius 2 is 2.27 bits per heavy atom. The van der Waals surface area contributed by atoms with Crippen molar-refractivity contribution >= 4 is 6.41 Å². The van der Waals surface area contributed by atoms with Gasteiger partial charge in [-0.2, -0.15) is 0 Å². The zero-order valence-corrected chi connectivity index (χ0v) is 7.17. The molecule has 1 N–H and O–H groups in total. The number of carbonyl (C=O) groups is 1. The van der Waals surface area contributed by atoms with Crippen molar-refractivity contribution in [2.24, 2.45) is 0 Å². The molecule has 0 radical (unpaired) electrons. The first-order chi connectivity index (χ1) is 5.35. The summed E-state index contributed by atoms with van der Waals surface area (Å²) >= 11 is 0. The van der Waals surface area contributed by atoms with Crippen LogP contribution >= 0.6 is 0 Å². The maximum atomic E-state index is 10.0. The van der Waals surface area contributed by atoms with Crippen LogP contribution in [-0.2, 0) is 9.63 Å². The third-order valence-corrected chi connectivity index (χ3v) is 1.20. The van der Waals surface area contributed by atoms with Crippen molar-refractivity contribution in [1.29, 1.82) is 0 Å². The van der Waals surface area contributed by atoms with Gasteiger partial charge in [-0.15, -0.1) is 0 Å². The summed E-state index contributed by atoms with van der Waals surface area (Å²) in [7, 11) is 0. The zero-order valence-electron chi connectivity index (χ0n) is 7.17. The first kappa shape index (κ1) is 10.4. The Hall–Kier alpha value is -0.610. The lowest BCUT2D eigenvalue weighted by Crippen LogP contribution is -2.37. The van der Waals surface area contributed by atoms with E-state index in [4.69, 9.17) is 4.84 Å². The van der Waals surface area contributed by atoms with Crippen molar-refractivity contribution in [1.82, 2.24) is 10.6 Å². The fourth-order valence-corrected chi connectivity index (χ4v) is 0.683. The minimum atomic E-state index is 0.574. The second kappa shape index (κ2) is 7.50. The van der Waals surface area contributed by atoms with Crippen LogP contribution in [0.25, 0.3) is 0 Å². The number of amides is 1. The number of hydrazine groups is 1. The monoisotopic (exact) mass is 160 g/mol. The quantitative estimate of drug-likeness (QED) is 0.440. The van der Waals surface area contributed by atoms with E-state index in [0.29, 0.717) is 13.0 Å². The molecule has 0 saturated heterocycles. The summed E-state index contributed by atoms with van der Waals surface area (Å²) in [6, 6.07) is 0. The number of hydrogen-bond acceptors (Lipinski definition) is 3. The lowest BCUT2D eigenvalue weighted by Gasteiger charge is -2.18. The summed E-state index contributed by atoms with van der Waals surface area (Å²) in [6.07, 6.45) is 2.72. The van der Waals surface area contributed by atoms with Gasteiger partial charge in [0, 0.05) is 6.54 Å². The molecule has 0 aliphatic rings. The number of hydrogen-bond donors (Lipinski definition) is 1. The SMILES string of the molecule is CCCCN(NC=O)OCC. The minimum Gasteiger partial charge on any atom is -0.280 e. The molecule has 0 aromatic rings. The Labute approximate surface area is 67.4 Å². The van der Waals surface area contributed by atoms with E-state index in [9.17, 15) is 4.79 Å². The predicted octanol–water partition coefficient (Wildman–Crippen LogP) is 0.701. The van der Waals surface area contributed by atoms with Gasteiger partial charge in [0.25, 0.3) is 0 Å². The lowest BCUT2D eigenvalue weighted by molar-refractivity contribution is -0.191.